The van der Waals surface area contributed by atoms with Gasteiger partial charge in [-0.1, -0.05) is 30.3 Å². The third kappa shape index (κ3) is 4.11. The van der Waals surface area contributed by atoms with E-state index in [1.165, 1.54) is 0 Å². The number of hydrogen-bond acceptors (Lipinski definition) is 3. The molecule has 1 atom stereocenters. The third-order valence-electron chi connectivity index (χ3n) is 7.85. The van der Waals surface area contributed by atoms with Crippen molar-refractivity contribution in [3.8, 4) is 5.69 Å². The number of nitrogens with zero attached hydrogens (tertiary/aromatic N) is 4. The van der Waals surface area contributed by atoms with Crippen molar-refractivity contribution >= 4 is 5.91 Å². The van der Waals surface area contributed by atoms with Crippen molar-refractivity contribution < 1.29 is 18.0 Å². The van der Waals surface area contributed by atoms with Crippen molar-refractivity contribution in [2.45, 2.75) is 57.4 Å². The number of alkyl halides is 3. The Labute approximate surface area is 208 Å². The smallest absolute Gasteiger partial charge is 0.327 e. The van der Waals surface area contributed by atoms with Crippen LogP contribution >= 0.6 is 0 Å². The van der Waals surface area contributed by atoms with Gasteiger partial charge in [-0.05, 0) is 68.4 Å². The van der Waals surface area contributed by atoms with Crippen LogP contribution in [0.2, 0.25) is 0 Å². The highest BCUT2D eigenvalue weighted by Gasteiger charge is 2.51. The zero-order valence-corrected chi connectivity index (χ0v) is 20.2. The van der Waals surface area contributed by atoms with Crippen molar-refractivity contribution in [3.63, 3.8) is 0 Å². The van der Waals surface area contributed by atoms with Crippen LogP contribution in [-0.4, -0.2) is 44.6 Å². The second-order valence-electron chi connectivity index (χ2n) is 10.3. The first-order chi connectivity index (χ1) is 17.3. The molecule has 0 radical (unpaired) electrons. The minimum absolute atomic E-state index is 0.0764. The van der Waals surface area contributed by atoms with E-state index in [1.54, 1.807) is 12.1 Å². The average Bonchev–Trinajstić information content (AvgIpc) is 3.59. The maximum absolute atomic E-state index is 13.9. The van der Waals surface area contributed by atoms with E-state index in [0.29, 0.717) is 18.2 Å². The molecule has 1 saturated carbocycles. The van der Waals surface area contributed by atoms with Crippen LogP contribution in [0.25, 0.3) is 5.69 Å². The van der Waals surface area contributed by atoms with E-state index in [9.17, 15) is 18.0 Å². The summed E-state index contributed by atoms with van der Waals surface area (Å²) in [5, 5.41) is 4.76. The summed E-state index contributed by atoms with van der Waals surface area (Å²) < 4.78 is 40.4. The van der Waals surface area contributed by atoms with Gasteiger partial charge in [0.25, 0.3) is 5.91 Å². The number of halogens is 3. The highest BCUT2D eigenvalue weighted by atomic mass is 19.4. The molecule has 1 saturated heterocycles. The zero-order chi connectivity index (χ0) is 25.0. The molecule has 0 spiro atoms. The van der Waals surface area contributed by atoms with Crippen molar-refractivity contribution in [2.24, 2.45) is 5.92 Å². The summed E-state index contributed by atoms with van der Waals surface area (Å²) in [6.07, 6.45) is -0.326. The maximum atomic E-state index is 13.9. The highest BCUT2D eigenvalue weighted by molar-refractivity contribution is 5.99. The van der Waals surface area contributed by atoms with Crippen LogP contribution in [0.4, 0.5) is 13.2 Å². The largest absolute Gasteiger partial charge is 0.416 e. The maximum Gasteiger partial charge on any atom is 0.416 e. The van der Waals surface area contributed by atoms with Gasteiger partial charge in [-0.25, -0.2) is 4.68 Å². The molecule has 5 nitrogen and oxygen atoms in total. The molecule has 0 N–H and O–H groups in total. The molecule has 1 aromatic heterocycles. The van der Waals surface area contributed by atoms with Gasteiger partial charge in [0.15, 0.2) is 0 Å². The summed E-state index contributed by atoms with van der Waals surface area (Å²) >= 11 is 0. The molecule has 6 rings (SSSR count). The van der Waals surface area contributed by atoms with Gasteiger partial charge in [0.05, 0.1) is 23.0 Å². The lowest BCUT2D eigenvalue weighted by atomic mass is 9.98. The van der Waals surface area contributed by atoms with Crippen LogP contribution in [0.3, 0.4) is 0 Å². The van der Waals surface area contributed by atoms with Gasteiger partial charge in [-0.2, -0.15) is 18.3 Å². The topological polar surface area (TPSA) is 41.4 Å². The molecular weight excluding hydrogens is 465 g/mol. The molecule has 0 bridgehead atoms. The molecule has 2 aromatic carbocycles. The Morgan fingerprint density at radius 2 is 1.61 bits per heavy atom. The Hall–Kier alpha value is -3.13. The number of fused-ring (bicyclic) bond motifs is 1. The first kappa shape index (κ1) is 23.3. The molecule has 3 aliphatic rings. The quantitative estimate of drug-likeness (QED) is 0.452. The number of carbonyl (C=O) groups is 1. The predicted molar refractivity (Wildman–Crippen MR) is 130 cm³/mol. The van der Waals surface area contributed by atoms with E-state index in [1.807, 2.05) is 41.9 Å². The van der Waals surface area contributed by atoms with E-state index in [0.717, 1.165) is 73.4 Å². The number of hydrogen-bond donors (Lipinski definition) is 0. The molecule has 3 aromatic rings. The fourth-order valence-corrected chi connectivity index (χ4v) is 5.92. The molecule has 1 amide bonds. The van der Waals surface area contributed by atoms with Crippen LogP contribution in [-0.2, 0) is 12.7 Å². The van der Waals surface area contributed by atoms with Crippen LogP contribution in [0, 0.1) is 12.8 Å². The lowest BCUT2D eigenvalue weighted by molar-refractivity contribution is -0.137. The summed E-state index contributed by atoms with van der Waals surface area (Å²) in [5.41, 5.74) is 3.90. The standard InChI is InChI=1S/C28H29F3N4O/c1-18-24-25(20-9-10-20)34(27(36)26(24)35(32-18)23-5-3-2-4-6-23)22-13-15-33(16-14-22)17-19-7-11-21(12-8-19)28(29,30)31/h2-8,11-12,20,22,25H,9-10,13-17H2,1H3. The van der Waals surface area contributed by atoms with Crippen molar-refractivity contribution in [1.82, 2.24) is 19.6 Å². The number of para-hydroxylation sites is 1. The van der Waals surface area contributed by atoms with Gasteiger partial charge in [-0.3, -0.25) is 9.69 Å². The summed E-state index contributed by atoms with van der Waals surface area (Å²) in [6.45, 7) is 4.25. The van der Waals surface area contributed by atoms with Gasteiger partial charge in [-0.15, -0.1) is 0 Å². The Morgan fingerprint density at radius 3 is 2.22 bits per heavy atom. The number of carbonyl (C=O) groups excluding carboxylic acids is 1. The lowest BCUT2D eigenvalue weighted by Crippen LogP contribution is -2.47. The molecule has 3 heterocycles. The van der Waals surface area contributed by atoms with Gasteiger partial charge < -0.3 is 4.90 Å². The second kappa shape index (κ2) is 8.76. The first-order valence-corrected chi connectivity index (χ1v) is 12.7. The monoisotopic (exact) mass is 494 g/mol. The molecule has 2 aliphatic heterocycles. The van der Waals surface area contributed by atoms with Crippen molar-refractivity contribution in [3.05, 3.63) is 82.7 Å². The number of benzene rings is 2. The van der Waals surface area contributed by atoms with E-state index in [2.05, 4.69) is 9.80 Å². The number of aromatic nitrogens is 2. The van der Waals surface area contributed by atoms with Gasteiger partial charge in [0.2, 0.25) is 0 Å². The Bertz CT molecular complexity index is 1260. The molecule has 36 heavy (non-hydrogen) atoms. The summed E-state index contributed by atoms with van der Waals surface area (Å²) in [7, 11) is 0. The number of likely N-dealkylation sites (tertiary alicyclic amines) is 1. The van der Waals surface area contributed by atoms with Crippen LogP contribution in [0.5, 0.6) is 0 Å². The minimum Gasteiger partial charge on any atom is -0.327 e. The van der Waals surface area contributed by atoms with E-state index in [-0.39, 0.29) is 18.0 Å². The van der Waals surface area contributed by atoms with Gasteiger partial charge in [0, 0.05) is 31.2 Å². The minimum atomic E-state index is -4.31. The number of rotatable bonds is 5. The van der Waals surface area contributed by atoms with Gasteiger partial charge in [0.1, 0.15) is 5.69 Å². The molecule has 8 heteroatoms. The third-order valence-corrected chi connectivity index (χ3v) is 7.85. The Morgan fingerprint density at radius 1 is 0.944 bits per heavy atom. The fourth-order valence-electron chi connectivity index (χ4n) is 5.92. The normalized spacial score (nSPS) is 21.3. The van der Waals surface area contributed by atoms with Crippen LogP contribution < -0.4 is 0 Å². The predicted octanol–water partition coefficient (Wildman–Crippen LogP) is 5.77. The SMILES string of the molecule is Cc1nn(-c2ccccc2)c2c1C(C1CC1)N(C1CCN(Cc3ccc(C(F)(F)F)cc3)CC1)C2=O. The van der Waals surface area contributed by atoms with Crippen molar-refractivity contribution in [1.29, 1.82) is 0 Å². The fraction of sp³-hybridized carbons (Fsp3) is 0.429. The summed E-state index contributed by atoms with van der Waals surface area (Å²) in [5.74, 6) is 0.569. The average molecular weight is 495 g/mol. The Kier molecular flexibility index (Phi) is 5.67. The molecular formula is C28H29F3N4O. The van der Waals surface area contributed by atoms with E-state index in [4.69, 9.17) is 5.10 Å². The van der Waals surface area contributed by atoms with Crippen molar-refractivity contribution in [2.75, 3.05) is 13.1 Å². The Balaban J connectivity index is 1.18. The molecule has 1 aliphatic carbocycles. The highest BCUT2D eigenvalue weighted by Crippen LogP contribution is 2.52. The second-order valence-corrected chi connectivity index (χ2v) is 10.3. The first-order valence-electron chi connectivity index (χ1n) is 12.7. The summed E-state index contributed by atoms with van der Waals surface area (Å²) in [4.78, 5) is 18.3. The molecule has 2 fully saturated rings. The number of aryl methyl sites for hydroxylation is 1. The van der Waals surface area contributed by atoms with Gasteiger partial charge >= 0.3 is 6.18 Å². The number of amides is 1. The van der Waals surface area contributed by atoms with Crippen LogP contribution in [0.1, 0.15) is 64.6 Å². The van der Waals surface area contributed by atoms with E-state index >= 15 is 0 Å². The molecule has 1 unspecified atom stereocenters. The zero-order valence-electron chi connectivity index (χ0n) is 20.2. The van der Waals surface area contributed by atoms with E-state index < -0.39 is 11.7 Å². The number of piperidine rings is 1. The lowest BCUT2D eigenvalue weighted by Gasteiger charge is -2.40. The van der Waals surface area contributed by atoms with Crippen LogP contribution in [0.15, 0.2) is 54.6 Å². The summed E-state index contributed by atoms with van der Waals surface area (Å²) in [6, 6.07) is 15.5. The molecule has 188 valence electrons.